The Kier molecular flexibility index (Phi) is 7.96. The minimum absolute atomic E-state index is 0.257. The third-order valence-corrected chi connectivity index (χ3v) is 2.33. The molecule has 0 unspecified atom stereocenters. The minimum atomic E-state index is -1.00. The molecule has 0 bridgehead atoms. The Morgan fingerprint density at radius 1 is 1.32 bits per heavy atom. The molecule has 0 atom stereocenters. The summed E-state index contributed by atoms with van der Waals surface area (Å²) in [5, 5.41) is 8.30. The molecule has 0 fully saturated rings. The third kappa shape index (κ3) is 8.79. The predicted molar refractivity (Wildman–Crippen MR) is 82.8 cm³/mol. The quantitative estimate of drug-likeness (QED) is 0.823. The molecule has 3 nitrogen and oxygen atoms in total. The van der Waals surface area contributed by atoms with E-state index in [4.69, 9.17) is 15.6 Å². The van der Waals surface area contributed by atoms with Crippen molar-refractivity contribution in [1.29, 1.82) is 0 Å². The average molecular weight is 265 g/mol. The van der Waals surface area contributed by atoms with E-state index in [9.17, 15) is 0 Å². The van der Waals surface area contributed by atoms with Crippen molar-refractivity contribution in [3.05, 3.63) is 23.2 Å². The van der Waals surface area contributed by atoms with Gasteiger partial charge in [0.15, 0.2) is 0 Å². The van der Waals surface area contributed by atoms with Gasteiger partial charge >= 0.3 is 87.1 Å². The van der Waals surface area contributed by atoms with Crippen LogP contribution in [-0.2, 0) is 12.8 Å². The van der Waals surface area contributed by atoms with Crippen LogP contribution >= 0.6 is 0 Å². The van der Waals surface area contributed by atoms with E-state index in [2.05, 4.69) is 46.6 Å². The van der Waals surface area contributed by atoms with E-state index in [0.29, 0.717) is 0 Å². The zero-order valence-electron chi connectivity index (χ0n) is 13.2. The molecule has 0 amide bonds. The van der Waals surface area contributed by atoms with Crippen LogP contribution in [0.4, 0.5) is 0 Å². The number of aliphatic hydroxyl groups is 1. The first-order chi connectivity index (χ1) is 8.69. The van der Waals surface area contributed by atoms with Crippen LogP contribution in [0.25, 0.3) is 0 Å². The molecular weight excluding hydrogens is 237 g/mol. The second-order valence-corrected chi connectivity index (χ2v) is 5.42. The van der Waals surface area contributed by atoms with E-state index in [1.165, 1.54) is 25.0 Å². The van der Waals surface area contributed by atoms with E-state index in [-0.39, 0.29) is 6.10 Å². The number of aryl methyl sites for hydroxylation is 1. The van der Waals surface area contributed by atoms with Gasteiger partial charge in [-0.25, -0.2) is 0 Å². The van der Waals surface area contributed by atoms with Crippen LogP contribution in [0.5, 0.6) is 5.64 Å². The normalized spacial score (nSPS) is 10.8. The summed E-state index contributed by atoms with van der Waals surface area (Å²) in [6.07, 6.45) is 2.39. The van der Waals surface area contributed by atoms with E-state index in [0.717, 1.165) is 18.5 Å². The van der Waals surface area contributed by atoms with Gasteiger partial charge in [-0.3, -0.25) is 0 Å². The monoisotopic (exact) mass is 265 g/mol. The summed E-state index contributed by atoms with van der Waals surface area (Å²) in [7, 11) is 0. The Morgan fingerprint density at radius 2 is 1.84 bits per heavy atom. The van der Waals surface area contributed by atoms with Crippen LogP contribution in [0.2, 0.25) is 0 Å². The van der Waals surface area contributed by atoms with Gasteiger partial charge in [-0.05, 0) is 13.8 Å². The van der Waals surface area contributed by atoms with Gasteiger partial charge in [-0.1, -0.05) is 0 Å². The van der Waals surface area contributed by atoms with Crippen molar-refractivity contribution < 1.29 is 9.84 Å². The molecule has 1 aromatic rings. The van der Waals surface area contributed by atoms with Gasteiger partial charge in [0, 0.05) is 0 Å². The Morgan fingerprint density at radius 3 is 2.21 bits per heavy atom. The van der Waals surface area contributed by atoms with Gasteiger partial charge in [0.05, 0.1) is 0 Å². The Hall–Kier alpha value is -0.865. The molecule has 0 aliphatic rings. The number of rotatable bonds is 4. The van der Waals surface area contributed by atoms with Crippen LogP contribution < -0.4 is 10.5 Å². The van der Waals surface area contributed by atoms with Crippen LogP contribution in [0.1, 0.15) is 52.7 Å². The van der Waals surface area contributed by atoms with Crippen LogP contribution in [0, 0.1) is 0 Å². The molecule has 108 valence electrons. The van der Waals surface area contributed by atoms with Gasteiger partial charge in [-0.2, -0.15) is 0 Å². The molecule has 4 heteroatoms. The van der Waals surface area contributed by atoms with Gasteiger partial charge in [0.2, 0.25) is 0 Å². The second kappa shape index (κ2) is 8.33. The number of hydrogen-bond acceptors (Lipinski definition) is 3. The molecule has 0 aromatic carbocycles. The zero-order valence-corrected chi connectivity index (χ0v) is 13.2. The molecule has 1 aromatic heterocycles. The summed E-state index contributed by atoms with van der Waals surface area (Å²) in [5.74, 6) is 2.08. The first kappa shape index (κ1) is 18.1. The van der Waals surface area contributed by atoms with Crippen molar-refractivity contribution >= 4 is 6.91 Å². The Bertz CT molecular complexity index is 367. The number of nitrogens with two attached hydrogens (primary N) is 1. The number of ether oxygens (including phenoxy) is 1. The third-order valence-electron chi connectivity index (χ3n) is 2.33. The van der Waals surface area contributed by atoms with Gasteiger partial charge in [0.25, 0.3) is 0 Å². The molecule has 0 spiro atoms. The van der Waals surface area contributed by atoms with Crippen LogP contribution in [0.15, 0.2) is 12.0 Å². The maximum absolute atomic E-state index is 8.30. The Labute approximate surface area is 118 Å². The molecule has 19 heavy (non-hydrogen) atoms. The standard InChI is InChI=1S/C12H19BO.C3H9NO/c1-5-10-7-8-13-12(11(10)6-2)14-9(3)4;1-3(2,4)5/h7-9H,5-6H2,1-4H3;5H,4H2,1-2H3. The summed E-state index contributed by atoms with van der Waals surface area (Å²) < 4.78 is 5.78. The molecule has 0 saturated carbocycles. The molecule has 0 radical (unpaired) electrons. The molecule has 0 saturated heterocycles. The summed E-state index contributed by atoms with van der Waals surface area (Å²) >= 11 is 0. The van der Waals surface area contributed by atoms with Crippen molar-refractivity contribution in [2.24, 2.45) is 5.73 Å². The zero-order chi connectivity index (χ0) is 15.1. The maximum atomic E-state index is 8.30. The van der Waals surface area contributed by atoms with Gasteiger partial charge < -0.3 is 10.8 Å². The van der Waals surface area contributed by atoms with E-state index in [1.54, 1.807) is 0 Å². The van der Waals surface area contributed by atoms with Gasteiger partial charge in [-0.15, -0.1) is 0 Å². The average Bonchev–Trinajstić information content (AvgIpc) is 2.25. The summed E-state index contributed by atoms with van der Waals surface area (Å²) in [6.45, 7) is 13.6. The van der Waals surface area contributed by atoms with Crippen molar-refractivity contribution in [2.45, 2.75) is 66.2 Å². The van der Waals surface area contributed by atoms with Gasteiger partial charge in [0.1, 0.15) is 5.72 Å². The summed E-state index contributed by atoms with van der Waals surface area (Å²) in [4.78, 5) is 0. The fraction of sp³-hybridized carbons (Fsp3) is 0.667. The van der Waals surface area contributed by atoms with Crippen molar-refractivity contribution in [2.75, 3.05) is 0 Å². The first-order valence-corrected chi connectivity index (χ1v) is 6.97. The molecule has 3 N–H and O–H groups in total. The molecule has 1 heterocycles. The SMILES string of the molecule is CC(C)(N)O.CCc1ccbc(OC(C)C)c1CC. The second-order valence-electron chi connectivity index (χ2n) is 5.42. The Balaban J connectivity index is 0.000000555. The first-order valence-electron chi connectivity index (χ1n) is 6.97. The van der Waals surface area contributed by atoms with Crippen molar-refractivity contribution in [1.82, 2.24) is 0 Å². The summed E-state index contributed by atoms with van der Waals surface area (Å²) in [6, 6.07) is 2.19. The van der Waals surface area contributed by atoms with E-state index >= 15 is 0 Å². The molecule has 0 aliphatic heterocycles. The van der Waals surface area contributed by atoms with E-state index < -0.39 is 5.72 Å². The van der Waals surface area contributed by atoms with E-state index in [1.807, 2.05) is 0 Å². The predicted octanol–water partition coefficient (Wildman–Crippen LogP) is 2.61. The van der Waals surface area contributed by atoms with Crippen LogP contribution in [0.3, 0.4) is 0 Å². The topological polar surface area (TPSA) is 55.5 Å². The summed E-state index contributed by atoms with van der Waals surface area (Å²) in [5.41, 5.74) is 7.74. The molecular formula is C15H28BNO2. The van der Waals surface area contributed by atoms with Crippen LogP contribution in [-0.4, -0.2) is 23.8 Å². The van der Waals surface area contributed by atoms with Crippen molar-refractivity contribution in [3.8, 4) is 5.64 Å². The van der Waals surface area contributed by atoms with Crippen molar-refractivity contribution in [3.63, 3.8) is 0 Å². The molecule has 1 rings (SSSR count). The molecule has 0 aliphatic carbocycles. The number of hydrogen-bond donors (Lipinski definition) is 2. The fourth-order valence-corrected chi connectivity index (χ4v) is 1.71. The fourth-order valence-electron chi connectivity index (χ4n) is 1.71.